The Kier molecular flexibility index (Phi) is 6.00. The van der Waals surface area contributed by atoms with Gasteiger partial charge in [0.1, 0.15) is 22.7 Å². The molecular formula is C19H18FN5O6. The lowest BCUT2D eigenvalue weighted by atomic mass is 10.1. The van der Waals surface area contributed by atoms with Crippen LogP contribution < -0.4 is 20.1 Å². The summed E-state index contributed by atoms with van der Waals surface area (Å²) in [5.41, 5.74) is -1.30. The van der Waals surface area contributed by atoms with Gasteiger partial charge in [-0.05, 0) is 47.7 Å². The smallest absolute Gasteiger partial charge is 0.377 e. The first kappa shape index (κ1) is 21.5. The zero-order valence-corrected chi connectivity index (χ0v) is 16.8. The zero-order chi connectivity index (χ0) is 22.7. The van der Waals surface area contributed by atoms with Gasteiger partial charge in [-0.15, -0.1) is 4.68 Å². The van der Waals surface area contributed by atoms with Crippen molar-refractivity contribution in [3.63, 3.8) is 0 Å². The SMILES string of the molecule is CCN(C(=O)n1nnn(-c2c(F)cccc2OC)c1=O)c1ccc(OC)c(C(=O)O)c1. The number of carboxylic acid groups (broad SMARTS) is 1. The Morgan fingerprint density at radius 1 is 1.13 bits per heavy atom. The summed E-state index contributed by atoms with van der Waals surface area (Å²) < 4.78 is 25.4. The standard InChI is InChI=1S/C19H18FN5O6/c1-4-23(11-8-9-14(30-2)12(10-11)17(26)27)18(28)25-19(29)24(21-22-25)16-13(20)6-5-7-15(16)31-3/h5-10H,4H2,1-3H3,(H,26,27). The summed E-state index contributed by atoms with van der Waals surface area (Å²) in [4.78, 5) is 38.4. The Labute approximate surface area is 174 Å². The molecule has 0 radical (unpaired) electrons. The highest BCUT2D eigenvalue weighted by Gasteiger charge is 2.25. The van der Waals surface area contributed by atoms with Crippen molar-refractivity contribution in [1.82, 2.24) is 19.8 Å². The molecule has 12 heteroatoms. The molecule has 1 amide bonds. The molecule has 1 heterocycles. The molecule has 1 aromatic heterocycles. The number of nitrogens with zero attached hydrogens (tertiary/aromatic N) is 5. The third-order valence-electron chi connectivity index (χ3n) is 4.42. The molecule has 0 unspecified atom stereocenters. The molecule has 3 rings (SSSR count). The van der Waals surface area contributed by atoms with Gasteiger partial charge in [0.05, 0.1) is 14.2 Å². The first-order valence-corrected chi connectivity index (χ1v) is 8.95. The van der Waals surface area contributed by atoms with Crippen LogP contribution in [0.1, 0.15) is 17.3 Å². The number of aromatic nitrogens is 4. The van der Waals surface area contributed by atoms with Gasteiger partial charge in [-0.25, -0.2) is 18.8 Å². The lowest BCUT2D eigenvalue weighted by molar-refractivity contribution is 0.0693. The molecule has 0 spiro atoms. The Hall–Kier alpha value is -4.22. The second-order valence-electron chi connectivity index (χ2n) is 6.09. The fraction of sp³-hybridized carbons (Fsp3) is 0.211. The average Bonchev–Trinajstić information content (AvgIpc) is 3.14. The van der Waals surface area contributed by atoms with E-state index in [0.29, 0.717) is 9.36 Å². The van der Waals surface area contributed by atoms with E-state index in [2.05, 4.69) is 10.4 Å². The van der Waals surface area contributed by atoms with Crippen LogP contribution in [0.3, 0.4) is 0 Å². The van der Waals surface area contributed by atoms with Crippen molar-refractivity contribution in [2.24, 2.45) is 0 Å². The Morgan fingerprint density at radius 3 is 2.45 bits per heavy atom. The van der Waals surface area contributed by atoms with Crippen molar-refractivity contribution in [1.29, 1.82) is 0 Å². The van der Waals surface area contributed by atoms with E-state index >= 15 is 0 Å². The van der Waals surface area contributed by atoms with Crippen LogP contribution in [0.4, 0.5) is 14.9 Å². The predicted octanol–water partition coefficient (Wildman–Crippen LogP) is 1.78. The summed E-state index contributed by atoms with van der Waals surface area (Å²) in [6.45, 7) is 1.70. The van der Waals surface area contributed by atoms with Gasteiger partial charge in [-0.2, -0.15) is 4.68 Å². The van der Waals surface area contributed by atoms with Crippen LogP contribution in [0, 0.1) is 5.82 Å². The Balaban J connectivity index is 2.05. The quantitative estimate of drug-likeness (QED) is 0.585. The number of methoxy groups -OCH3 is 2. The van der Waals surface area contributed by atoms with Crippen molar-refractivity contribution >= 4 is 17.7 Å². The maximum Gasteiger partial charge on any atom is 0.377 e. The van der Waals surface area contributed by atoms with Crippen LogP contribution in [-0.2, 0) is 0 Å². The highest BCUT2D eigenvalue weighted by atomic mass is 19.1. The van der Waals surface area contributed by atoms with Gasteiger partial charge in [0.25, 0.3) is 0 Å². The number of carbonyl (C=O) groups excluding carboxylic acids is 1. The number of hydrogen-bond acceptors (Lipinski definition) is 7. The van der Waals surface area contributed by atoms with E-state index in [0.717, 1.165) is 11.0 Å². The van der Waals surface area contributed by atoms with Crippen LogP contribution in [-0.4, -0.2) is 57.7 Å². The molecule has 0 saturated heterocycles. The van der Waals surface area contributed by atoms with Gasteiger partial charge in [-0.3, -0.25) is 4.90 Å². The molecule has 0 fully saturated rings. The highest BCUT2D eigenvalue weighted by Crippen LogP contribution is 2.26. The number of rotatable bonds is 6. The molecular weight excluding hydrogens is 413 g/mol. The lowest BCUT2D eigenvalue weighted by Gasteiger charge is -2.20. The molecule has 11 nitrogen and oxygen atoms in total. The lowest BCUT2D eigenvalue weighted by Crippen LogP contribution is -2.41. The molecule has 2 aromatic carbocycles. The summed E-state index contributed by atoms with van der Waals surface area (Å²) in [5.74, 6) is -1.92. The first-order valence-electron chi connectivity index (χ1n) is 8.95. The van der Waals surface area contributed by atoms with Gasteiger partial charge in [0.15, 0.2) is 5.82 Å². The van der Waals surface area contributed by atoms with Crippen molar-refractivity contribution in [2.45, 2.75) is 6.92 Å². The van der Waals surface area contributed by atoms with E-state index in [1.807, 2.05) is 0 Å². The largest absolute Gasteiger partial charge is 0.496 e. The normalized spacial score (nSPS) is 10.6. The van der Waals surface area contributed by atoms with Crippen molar-refractivity contribution in [3.8, 4) is 17.2 Å². The number of halogens is 1. The molecule has 0 atom stereocenters. The van der Waals surface area contributed by atoms with E-state index < -0.39 is 23.5 Å². The molecule has 162 valence electrons. The van der Waals surface area contributed by atoms with Crippen LogP contribution in [0.15, 0.2) is 41.2 Å². The third kappa shape index (κ3) is 3.82. The van der Waals surface area contributed by atoms with Crippen LogP contribution >= 0.6 is 0 Å². The topological polar surface area (TPSA) is 129 Å². The Bertz CT molecular complexity index is 1200. The molecule has 3 aromatic rings. The number of para-hydroxylation sites is 1. The van der Waals surface area contributed by atoms with Crippen LogP contribution in [0.5, 0.6) is 11.5 Å². The van der Waals surface area contributed by atoms with Gasteiger partial charge in [0, 0.05) is 12.2 Å². The minimum absolute atomic E-state index is 0.0233. The number of hydrogen-bond donors (Lipinski definition) is 1. The maximum atomic E-state index is 14.3. The predicted molar refractivity (Wildman–Crippen MR) is 106 cm³/mol. The third-order valence-corrected chi connectivity index (χ3v) is 4.42. The molecule has 0 bridgehead atoms. The number of ether oxygens (including phenoxy) is 2. The molecule has 0 aliphatic heterocycles. The molecule has 1 N–H and O–H groups in total. The van der Waals surface area contributed by atoms with E-state index in [1.165, 1.54) is 44.6 Å². The van der Waals surface area contributed by atoms with Gasteiger partial charge >= 0.3 is 17.7 Å². The van der Waals surface area contributed by atoms with Crippen molar-refractivity contribution in [2.75, 3.05) is 25.7 Å². The minimum Gasteiger partial charge on any atom is -0.496 e. The average molecular weight is 431 g/mol. The number of carboxylic acids is 1. The first-order chi connectivity index (χ1) is 14.8. The van der Waals surface area contributed by atoms with Gasteiger partial charge < -0.3 is 14.6 Å². The number of carbonyl (C=O) groups is 2. The summed E-state index contributed by atoms with van der Waals surface area (Å²) in [6, 6.07) is 7.10. The molecule has 0 saturated carbocycles. The minimum atomic E-state index is -1.25. The van der Waals surface area contributed by atoms with Crippen LogP contribution in [0.2, 0.25) is 0 Å². The second-order valence-corrected chi connectivity index (χ2v) is 6.09. The van der Waals surface area contributed by atoms with E-state index in [4.69, 9.17) is 9.47 Å². The van der Waals surface area contributed by atoms with E-state index in [9.17, 15) is 23.9 Å². The van der Waals surface area contributed by atoms with E-state index in [1.54, 1.807) is 6.92 Å². The fourth-order valence-electron chi connectivity index (χ4n) is 2.95. The summed E-state index contributed by atoms with van der Waals surface area (Å²) >= 11 is 0. The van der Waals surface area contributed by atoms with E-state index in [-0.39, 0.29) is 35.0 Å². The van der Waals surface area contributed by atoms with Crippen molar-refractivity contribution < 1.29 is 28.6 Å². The number of tetrazole rings is 1. The monoisotopic (exact) mass is 431 g/mol. The number of anilines is 1. The van der Waals surface area contributed by atoms with Gasteiger partial charge in [-0.1, -0.05) is 6.07 Å². The Morgan fingerprint density at radius 2 is 1.84 bits per heavy atom. The summed E-state index contributed by atoms with van der Waals surface area (Å²) in [6.07, 6.45) is 0. The van der Waals surface area contributed by atoms with Gasteiger partial charge in [0.2, 0.25) is 0 Å². The number of benzene rings is 2. The second kappa shape index (κ2) is 8.65. The highest BCUT2D eigenvalue weighted by molar-refractivity contribution is 5.96. The number of aromatic carboxylic acids is 1. The summed E-state index contributed by atoms with van der Waals surface area (Å²) in [7, 11) is 2.61. The maximum absolute atomic E-state index is 14.3. The zero-order valence-electron chi connectivity index (χ0n) is 16.8. The molecule has 0 aliphatic rings. The van der Waals surface area contributed by atoms with Crippen molar-refractivity contribution in [3.05, 3.63) is 58.3 Å². The molecule has 0 aliphatic carbocycles. The number of amides is 1. The fourth-order valence-corrected chi connectivity index (χ4v) is 2.95. The summed E-state index contributed by atoms with van der Waals surface area (Å²) in [5, 5.41) is 16.5. The van der Waals surface area contributed by atoms with Crippen LogP contribution in [0.25, 0.3) is 5.69 Å². The molecule has 31 heavy (non-hydrogen) atoms.